The van der Waals surface area contributed by atoms with Gasteiger partial charge < -0.3 is 5.11 Å². The highest BCUT2D eigenvalue weighted by atomic mass is 32.2. The molecule has 2 nitrogen and oxygen atoms in total. The third kappa shape index (κ3) is 1.71. The second-order valence-corrected chi connectivity index (χ2v) is 5.24. The van der Waals surface area contributed by atoms with Crippen LogP contribution < -0.4 is 0 Å². The van der Waals surface area contributed by atoms with Crippen LogP contribution in [0.4, 0.5) is 0 Å². The number of fused-ring (bicyclic) bond motifs is 1. The van der Waals surface area contributed by atoms with Crippen molar-refractivity contribution in [2.45, 2.75) is 12.8 Å². The number of aromatic nitrogens is 1. The average molecular weight is 243 g/mol. The maximum atomic E-state index is 10.3. The maximum absolute atomic E-state index is 10.3. The molecule has 1 aromatic heterocycles. The van der Waals surface area contributed by atoms with Crippen molar-refractivity contribution >= 4 is 22.7 Å². The Kier molecular flexibility index (Phi) is 2.56. The van der Waals surface area contributed by atoms with Crippen molar-refractivity contribution in [2.24, 2.45) is 0 Å². The quantitative estimate of drug-likeness (QED) is 0.830. The van der Waals surface area contributed by atoms with Crippen LogP contribution in [0.1, 0.15) is 17.0 Å². The zero-order chi connectivity index (χ0) is 11.8. The Morgan fingerprint density at radius 3 is 3.12 bits per heavy atom. The Bertz CT molecular complexity index is 606. The summed E-state index contributed by atoms with van der Waals surface area (Å²) in [5.41, 5.74) is 2.88. The van der Waals surface area contributed by atoms with Crippen LogP contribution in [0.2, 0.25) is 0 Å². The molecule has 1 atom stereocenters. The summed E-state index contributed by atoms with van der Waals surface area (Å²) in [5, 5.41) is 13.5. The first-order valence-corrected chi connectivity index (χ1v) is 6.67. The topological polar surface area (TPSA) is 33.1 Å². The van der Waals surface area contributed by atoms with E-state index < -0.39 is 0 Å². The highest BCUT2D eigenvalue weighted by Gasteiger charge is 2.19. The fraction of sp³-hybridized carbons (Fsp3) is 0.214. The Balaban J connectivity index is 2.26. The third-order valence-electron chi connectivity index (χ3n) is 3.18. The molecule has 0 saturated heterocycles. The predicted molar refractivity (Wildman–Crippen MR) is 72.5 cm³/mol. The number of aromatic hydroxyl groups is 1. The van der Waals surface area contributed by atoms with Crippen LogP contribution in [0.5, 0.6) is 5.75 Å². The summed E-state index contributed by atoms with van der Waals surface area (Å²) in [6.45, 7) is 2.07. The van der Waals surface area contributed by atoms with E-state index in [1.165, 1.54) is 5.56 Å². The Morgan fingerprint density at radius 2 is 2.35 bits per heavy atom. The van der Waals surface area contributed by atoms with Crippen LogP contribution in [0.15, 0.2) is 35.9 Å². The number of rotatable bonds is 1. The van der Waals surface area contributed by atoms with Crippen LogP contribution in [0.25, 0.3) is 10.9 Å². The van der Waals surface area contributed by atoms with E-state index in [-0.39, 0.29) is 0 Å². The minimum absolute atomic E-state index is 0.310. The molecule has 0 radical (unpaired) electrons. The van der Waals surface area contributed by atoms with Gasteiger partial charge in [-0.2, -0.15) is 0 Å². The van der Waals surface area contributed by atoms with Crippen molar-refractivity contribution < 1.29 is 5.11 Å². The van der Waals surface area contributed by atoms with Crippen molar-refractivity contribution in [1.29, 1.82) is 0 Å². The maximum Gasteiger partial charge on any atom is 0.145 e. The summed E-state index contributed by atoms with van der Waals surface area (Å²) < 4.78 is 0. The highest BCUT2D eigenvalue weighted by molar-refractivity contribution is 8.02. The Labute approximate surface area is 104 Å². The molecule has 1 aliphatic rings. The molecule has 0 fully saturated rings. The number of hydrogen-bond acceptors (Lipinski definition) is 3. The monoisotopic (exact) mass is 243 g/mol. The molecule has 0 aliphatic carbocycles. The number of allylic oxidation sites excluding steroid dienone is 1. The van der Waals surface area contributed by atoms with Gasteiger partial charge in [0.15, 0.2) is 0 Å². The van der Waals surface area contributed by atoms with Crippen molar-refractivity contribution in [3.05, 3.63) is 47.0 Å². The van der Waals surface area contributed by atoms with Crippen molar-refractivity contribution in [2.75, 3.05) is 5.75 Å². The van der Waals surface area contributed by atoms with E-state index in [4.69, 9.17) is 0 Å². The highest BCUT2D eigenvalue weighted by Crippen LogP contribution is 2.38. The largest absolute Gasteiger partial charge is 0.505 e. The lowest BCUT2D eigenvalue weighted by atomic mass is 9.95. The lowest BCUT2D eigenvalue weighted by Gasteiger charge is -2.13. The smallest absolute Gasteiger partial charge is 0.145 e. The van der Waals surface area contributed by atoms with Crippen molar-refractivity contribution in [3.8, 4) is 5.75 Å². The van der Waals surface area contributed by atoms with Crippen molar-refractivity contribution in [3.63, 3.8) is 0 Å². The molecule has 2 heterocycles. The molecule has 1 N–H and O–H groups in total. The van der Waals surface area contributed by atoms with Crippen LogP contribution in [0, 0.1) is 6.92 Å². The van der Waals surface area contributed by atoms with Crippen LogP contribution >= 0.6 is 11.8 Å². The van der Waals surface area contributed by atoms with Gasteiger partial charge in [0, 0.05) is 28.8 Å². The number of nitrogens with zero attached hydrogens (tertiary/aromatic N) is 1. The molecule has 2 aromatic rings. The van der Waals surface area contributed by atoms with Gasteiger partial charge in [0.05, 0.1) is 0 Å². The number of pyridine rings is 1. The van der Waals surface area contributed by atoms with Crippen LogP contribution in [-0.2, 0) is 0 Å². The zero-order valence-corrected chi connectivity index (χ0v) is 10.4. The second kappa shape index (κ2) is 4.08. The van der Waals surface area contributed by atoms with Gasteiger partial charge in [-0.3, -0.25) is 4.98 Å². The van der Waals surface area contributed by atoms with Gasteiger partial charge in [-0.05, 0) is 24.0 Å². The Hall–Kier alpha value is -1.48. The summed E-state index contributed by atoms with van der Waals surface area (Å²) in [7, 11) is 0. The number of aryl methyl sites for hydroxylation is 1. The van der Waals surface area contributed by atoms with Crippen LogP contribution in [-0.4, -0.2) is 15.8 Å². The summed E-state index contributed by atoms with van der Waals surface area (Å²) in [6, 6.07) is 5.99. The molecule has 1 unspecified atom stereocenters. The Morgan fingerprint density at radius 1 is 1.47 bits per heavy atom. The zero-order valence-electron chi connectivity index (χ0n) is 9.55. The number of hydrogen-bond donors (Lipinski definition) is 1. The summed E-state index contributed by atoms with van der Waals surface area (Å²) >= 11 is 1.78. The number of thioether (sulfide) groups is 1. The van der Waals surface area contributed by atoms with Gasteiger partial charge in [-0.15, -0.1) is 11.8 Å². The van der Waals surface area contributed by atoms with Crippen LogP contribution in [0.3, 0.4) is 0 Å². The fourth-order valence-electron chi connectivity index (χ4n) is 2.27. The van der Waals surface area contributed by atoms with Gasteiger partial charge in [-0.1, -0.05) is 18.2 Å². The number of phenols is 1. The summed E-state index contributed by atoms with van der Waals surface area (Å²) in [4.78, 5) is 4.29. The van der Waals surface area contributed by atoms with Crippen molar-refractivity contribution in [1.82, 2.24) is 4.98 Å². The molecule has 86 valence electrons. The summed E-state index contributed by atoms with van der Waals surface area (Å²) in [6.07, 6.45) is 3.87. The molecule has 0 bridgehead atoms. The fourth-order valence-corrected chi connectivity index (χ4v) is 3.18. The lowest BCUT2D eigenvalue weighted by Crippen LogP contribution is -1.98. The van der Waals surface area contributed by atoms with Gasteiger partial charge >= 0.3 is 0 Å². The van der Waals surface area contributed by atoms with E-state index in [2.05, 4.69) is 29.5 Å². The summed E-state index contributed by atoms with van der Waals surface area (Å²) in [5.74, 6) is 1.65. The van der Waals surface area contributed by atoms with Gasteiger partial charge in [0.25, 0.3) is 0 Å². The van der Waals surface area contributed by atoms with Gasteiger partial charge in [0.1, 0.15) is 11.3 Å². The van der Waals surface area contributed by atoms with E-state index >= 15 is 0 Å². The van der Waals surface area contributed by atoms with E-state index in [1.54, 1.807) is 18.0 Å². The minimum atomic E-state index is 0.310. The number of benzene rings is 1. The predicted octanol–water partition coefficient (Wildman–Crippen LogP) is 3.59. The molecule has 1 aromatic carbocycles. The lowest BCUT2D eigenvalue weighted by molar-refractivity contribution is 0.472. The molecule has 17 heavy (non-hydrogen) atoms. The molecule has 0 spiro atoms. The van der Waals surface area contributed by atoms with E-state index in [0.29, 0.717) is 17.2 Å². The molecule has 1 aliphatic heterocycles. The number of phenolic OH excluding ortho intramolecular Hbond substituents is 1. The molecule has 3 heteroatoms. The molecule has 3 rings (SSSR count). The molecular weight excluding hydrogens is 230 g/mol. The van der Waals surface area contributed by atoms with Gasteiger partial charge in [-0.25, -0.2) is 0 Å². The van der Waals surface area contributed by atoms with E-state index in [0.717, 1.165) is 16.7 Å². The van der Waals surface area contributed by atoms with E-state index in [1.807, 2.05) is 12.1 Å². The molecule has 0 saturated carbocycles. The molecule has 0 amide bonds. The minimum Gasteiger partial charge on any atom is -0.505 e. The first kappa shape index (κ1) is 10.7. The average Bonchev–Trinajstić information content (AvgIpc) is 2.87. The SMILES string of the molecule is Cc1cc(C2C=CSC2)c(O)c2ncccc12. The second-order valence-electron chi connectivity index (χ2n) is 4.30. The van der Waals surface area contributed by atoms with E-state index in [9.17, 15) is 5.11 Å². The normalized spacial score (nSPS) is 19.0. The van der Waals surface area contributed by atoms with Gasteiger partial charge in [0.2, 0.25) is 0 Å². The molecular formula is C14H13NOS. The first-order valence-electron chi connectivity index (χ1n) is 5.63. The third-order valence-corrected chi connectivity index (χ3v) is 4.09. The first-order chi connectivity index (χ1) is 8.27. The standard InChI is InChI=1S/C14H13NOS/c1-9-7-12(10-4-6-17-8-10)14(16)13-11(9)3-2-5-15-13/h2-7,10,16H,8H2,1H3.